The summed E-state index contributed by atoms with van der Waals surface area (Å²) < 4.78 is 15.1. The average molecular weight is 397 g/mol. The number of carboxylic acid groups (broad SMARTS) is 1. The Morgan fingerprint density at radius 2 is 2.04 bits per heavy atom. The molecule has 1 saturated heterocycles. The van der Waals surface area contributed by atoms with Crippen LogP contribution in [0.3, 0.4) is 0 Å². The van der Waals surface area contributed by atoms with Crippen molar-refractivity contribution in [3.8, 4) is 11.5 Å². The molecule has 1 aliphatic rings. The van der Waals surface area contributed by atoms with Crippen LogP contribution in [0.1, 0.15) is 5.56 Å². The summed E-state index contributed by atoms with van der Waals surface area (Å²) in [5, 5.41) is 8.68. The molecule has 0 aliphatic carbocycles. The maximum absolute atomic E-state index is 12.4. The lowest BCUT2D eigenvalue weighted by atomic mass is 10.2. The first kappa shape index (κ1) is 19.7. The van der Waals surface area contributed by atoms with Crippen LogP contribution >= 0.6 is 24.0 Å². The maximum Gasteiger partial charge on any atom is 0.341 e. The molecule has 10 heteroatoms. The average Bonchev–Trinajstić information content (AvgIpc) is 2.87. The van der Waals surface area contributed by atoms with Crippen LogP contribution in [0.2, 0.25) is 0 Å². The molecule has 0 atom stereocenters. The fraction of sp³-hybridized carbons (Fsp3) is 0.250. The van der Waals surface area contributed by atoms with Gasteiger partial charge in [0.05, 0.1) is 19.1 Å². The van der Waals surface area contributed by atoms with Crippen molar-refractivity contribution in [1.29, 1.82) is 0 Å². The predicted molar refractivity (Wildman–Crippen MR) is 98.0 cm³/mol. The molecule has 1 aromatic carbocycles. The lowest BCUT2D eigenvalue weighted by Gasteiger charge is -2.12. The van der Waals surface area contributed by atoms with Crippen molar-refractivity contribution < 1.29 is 33.7 Å². The number of thioether (sulfide) groups is 1. The summed E-state index contributed by atoms with van der Waals surface area (Å²) in [6, 6.07) is 4.79. The van der Waals surface area contributed by atoms with Gasteiger partial charge in [0.2, 0.25) is 0 Å². The Balaban J connectivity index is 2.21. The number of amides is 1. The van der Waals surface area contributed by atoms with E-state index in [-0.39, 0.29) is 16.6 Å². The fourth-order valence-corrected chi connectivity index (χ4v) is 3.27. The van der Waals surface area contributed by atoms with E-state index in [2.05, 4.69) is 4.74 Å². The summed E-state index contributed by atoms with van der Waals surface area (Å²) in [6.45, 7) is -0.744. The molecule has 0 radical (unpaired) electrons. The van der Waals surface area contributed by atoms with Crippen LogP contribution in [0.15, 0.2) is 23.1 Å². The molecule has 138 valence electrons. The van der Waals surface area contributed by atoms with E-state index in [4.69, 9.17) is 26.8 Å². The molecule has 0 aromatic heterocycles. The Labute approximate surface area is 158 Å². The molecule has 1 aromatic rings. The molecule has 1 aliphatic heterocycles. The summed E-state index contributed by atoms with van der Waals surface area (Å²) in [5.74, 6) is -1.47. The van der Waals surface area contributed by atoms with E-state index in [0.29, 0.717) is 16.2 Å². The van der Waals surface area contributed by atoms with E-state index in [0.717, 1.165) is 11.8 Å². The summed E-state index contributed by atoms with van der Waals surface area (Å²) in [4.78, 5) is 35.9. The van der Waals surface area contributed by atoms with Gasteiger partial charge in [-0.1, -0.05) is 30.0 Å². The van der Waals surface area contributed by atoms with E-state index in [9.17, 15) is 14.4 Å². The van der Waals surface area contributed by atoms with Gasteiger partial charge in [-0.2, -0.15) is 0 Å². The molecular weight excluding hydrogens is 382 g/mol. The van der Waals surface area contributed by atoms with Gasteiger partial charge in [-0.15, -0.1) is 0 Å². The van der Waals surface area contributed by atoms with Crippen LogP contribution in [-0.2, 0) is 19.1 Å². The smallest absolute Gasteiger partial charge is 0.341 e. The number of methoxy groups -OCH3 is 2. The third-order valence-corrected chi connectivity index (χ3v) is 4.60. The van der Waals surface area contributed by atoms with Gasteiger partial charge in [0.15, 0.2) is 18.1 Å². The minimum atomic E-state index is -1.11. The summed E-state index contributed by atoms with van der Waals surface area (Å²) in [7, 11) is 2.65. The van der Waals surface area contributed by atoms with Crippen LogP contribution in [-0.4, -0.2) is 59.5 Å². The van der Waals surface area contributed by atoms with E-state index in [1.54, 1.807) is 24.3 Å². The van der Waals surface area contributed by atoms with Gasteiger partial charge in [0.25, 0.3) is 5.91 Å². The Morgan fingerprint density at radius 1 is 1.31 bits per heavy atom. The molecule has 0 bridgehead atoms. The number of nitrogens with zero attached hydrogens (tertiary/aromatic N) is 1. The van der Waals surface area contributed by atoms with E-state index < -0.39 is 24.5 Å². The molecule has 1 heterocycles. The summed E-state index contributed by atoms with van der Waals surface area (Å²) in [6.07, 6.45) is 1.60. The van der Waals surface area contributed by atoms with Crippen molar-refractivity contribution in [1.82, 2.24) is 4.90 Å². The summed E-state index contributed by atoms with van der Waals surface area (Å²) >= 11 is 6.20. The number of hydrogen-bond acceptors (Lipinski definition) is 8. The Bertz CT molecular complexity index is 791. The second-order valence-electron chi connectivity index (χ2n) is 4.94. The zero-order chi connectivity index (χ0) is 19.3. The third kappa shape index (κ3) is 4.73. The van der Waals surface area contributed by atoms with E-state index in [1.807, 2.05) is 0 Å². The molecule has 26 heavy (non-hydrogen) atoms. The Kier molecular flexibility index (Phi) is 6.58. The second-order valence-corrected chi connectivity index (χ2v) is 6.61. The highest BCUT2D eigenvalue weighted by Crippen LogP contribution is 2.34. The van der Waals surface area contributed by atoms with Crippen molar-refractivity contribution in [2.24, 2.45) is 0 Å². The second kappa shape index (κ2) is 8.68. The fourth-order valence-electron chi connectivity index (χ4n) is 2.01. The topological polar surface area (TPSA) is 102 Å². The highest BCUT2D eigenvalue weighted by molar-refractivity contribution is 8.26. The maximum atomic E-state index is 12.4. The minimum Gasteiger partial charge on any atom is -0.493 e. The summed E-state index contributed by atoms with van der Waals surface area (Å²) in [5.41, 5.74) is 0.628. The number of esters is 1. The van der Waals surface area contributed by atoms with Crippen molar-refractivity contribution in [2.45, 2.75) is 0 Å². The number of rotatable bonds is 7. The lowest BCUT2D eigenvalue weighted by molar-refractivity contribution is -0.143. The van der Waals surface area contributed by atoms with Crippen LogP contribution in [0.25, 0.3) is 6.08 Å². The minimum absolute atomic E-state index is 0.246. The van der Waals surface area contributed by atoms with Crippen LogP contribution < -0.4 is 9.47 Å². The predicted octanol–water partition coefficient (Wildman–Crippen LogP) is 1.53. The normalized spacial score (nSPS) is 15.3. The van der Waals surface area contributed by atoms with Gasteiger partial charge < -0.3 is 19.3 Å². The van der Waals surface area contributed by atoms with Crippen molar-refractivity contribution in [3.63, 3.8) is 0 Å². The molecule has 1 N–H and O–H groups in total. The first-order valence-electron chi connectivity index (χ1n) is 7.20. The number of carboxylic acids is 1. The number of carbonyl (C=O) groups is 3. The number of benzene rings is 1. The van der Waals surface area contributed by atoms with Gasteiger partial charge in [-0.3, -0.25) is 14.5 Å². The number of thiocarbonyl (C=S) groups is 1. The largest absolute Gasteiger partial charge is 0.493 e. The zero-order valence-corrected chi connectivity index (χ0v) is 15.5. The van der Waals surface area contributed by atoms with Crippen molar-refractivity contribution in [3.05, 3.63) is 28.7 Å². The van der Waals surface area contributed by atoms with Gasteiger partial charge in [0.1, 0.15) is 10.9 Å². The lowest BCUT2D eigenvalue weighted by Crippen LogP contribution is -2.33. The Hall–Kier alpha value is -2.59. The van der Waals surface area contributed by atoms with Gasteiger partial charge >= 0.3 is 11.9 Å². The van der Waals surface area contributed by atoms with Gasteiger partial charge in [0, 0.05) is 0 Å². The highest BCUT2D eigenvalue weighted by atomic mass is 32.2. The molecule has 0 unspecified atom stereocenters. The number of carbonyl (C=O) groups excluding carboxylic acids is 2. The Morgan fingerprint density at radius 3 is 2.65 bits per heavy atom. The van der Waals surface area contributed by atoms with Crippen molar-refractivity contribution in [2.75, 3.05) is 27.4 Å². The highest BCUT2D eigenvalue weighted by Gasteiger charge is 2.33. The van der Waals surface area contributed by atoms with Crippen LogP contribution in [0.4, 0.5) is 0 Å². The van der Waals surface area contributed by atoms with Gasteiger partial charge in [-0.25, -0.2) is 4.79 Å². The van der Waals surface area contributed by atoms with Crippen molar-refractivity contribution >= 4 is 52.2 Å². The standard InChI is InChI=1S/C16H15NO7S2/c1-22-11-5-9(3-4-10(11)24-8-13(18)19)6-12-15(21)17(16(25)26-12)7-14(20)23-2/h3-6H,7-8H2,1-2H3,(H,18,19)/b12-6-. The van der Waals surface area contributed by atoms with E-state index in [1.165, 1.54) is 19.1 Å². The molecule has 1 amide bonds. The number of hydrogen-bond donors (Lipinski definition) is 1. The zero-order valence-electron chi connectivity index (χ0n) is 13.9. The molecule has 0 spiro atoms. The van der Waals surface area contributed by atoms with Crippen LogP contribution in [0.5, 0.6) is 11.5 Å². The number of ether oxygens (including phenoxy) is 3. The molecule has 8 nitrogen and oxygen atoms in total. The quantitative estimate of drug-likeness (QED) is 0.417. The molecular formula is C16H15NO7S2. The third-order valence-electron chi connectivity index (χ3n) is 3.23. The van der Waals surface area contributed by atoms with Crippen LogP contribution in [0, 0.1) is 0 Å². The first-order chi connectivity index (χ1) is 12.3. The first-order valence-corrected chi connectivity index (χ1v) is 8.43. The van der Waals surface area contributed by atoms with E-state index >= 15 is 0 Å². The van der Waals surface area contributed by atoms with Gasteiger partial charge in [-0.05, 0) is 23.8 Å². The SMILES string of the molecule is COC(=O)CN1C(=O)/C(=C/c2ccc(OCC(=O)O)c(OC)c2)SC1=S. The molecule has 0 saturated carbocycles. The molecule has 2 rings (SSSR count). The monoisotopic (exact) mass is 397 g/mol. The number of aliphatic carboxylic acids is 1. The molecule has 1 fully saturated rings.